The van der Waals surface area contributed by atoms with Crippen molar-refractivity contribution in [3.63, 3.8) is 0 Å². The summed E-state index contributed by atoms with van der Waals surface area (Å²) in [4.78, 5) is 12.2. The van der Waals surface area contributed by atoms with Crippen LogP contribution in [0.3, 0.4) is 0 Å². The van der Waals surface area contributed by atoms with E-state index in [1.54, 1.807) is 0 Å². The third kappa shape index (κ3) is 3.13. The van der Waals surface area contributed by atoms with Gasteiger partial charge in [0.2, 0.25) is 5.91 Å². The van der Waals surface area contributed by atoms with Crippen LogP contribution >= 0.6 is 0 Å². The SMILES string of the molecule is NCC1CCCC1C(=O)NCC1COc2ccccc2O1. The van der Waals surface area contributed by atoms with Gasteiger partial charge in [0.05, 0.1) is 6.54 Å². The van der Waals surface area contributed by atoms with Crippen molar-refractivity contribution in [3.05, 3.63) is 24.3 Å². The van der Waals surface area contributed by atoms with Crippen LogP contribution in [0.1, 0.15) is 19.3 Å². The number of hydrogen-bond acceptors (Lipinski definition) is 4. The van der Waals surface area contributed by atoms with E-state index in [0.29, 0.717) is 25.6 Å². The van der Waals surface area contributed by atoms with Crippen molar-refractivity contribution in [2.24, 2.45) is 17.6 Å². The second-order valence-electron chi connectivity index (χ2n) is 5.78. The minimum absolute atomic E-state index is 0.0618. The summed E-state index contributed by atoms with van der Waals surface area (Å²) in [6, 6.07) is 7.59. The third-order valence-corrected chi connectivity index (χ3v) is 4.37. The first kappa shape index (κ1) is 14.2. The van der Waals surface area contributed by atoms with E-state index in [9.17, 15) is 4.79 Å². The van der Waals surface area contributed by atoms with Gasteiger partial charge in [-0.2, -0.15) is 0 Å². The van der Waals surface area contributed by atoms with Crippen LogP contribution < -0.4 is 20.5 Å². The van der Waals surface area contributed by atoms with Crippen LogP contribution in [-0.4, -0.2) is 31.7 Å². The Morgan fingerprint density at radius 2 is 2.10 bits per heavy atom. The van der Waals surface area contributed by atoms with Gasteiger partial charge in [-0.25, -0.2) is 0 Å². The molecule has 21 heavy (non-hydrogen) atoms. The molecule has 1 fully saturated rings. The number of fused-ring (bicyclic) bond motifs is 1. The summed E-state index contributed by atoms with van der Waals surface area (Å²) in [5, 5.41) is 2.99. The second kappa shape index (κ2) is 6.35. The van der Waals surface area contributed by atoms with Crippen LogP contribution in [0.4, 0.5) is 0 Å². The Morgan fingerprint density at radius 3 is 2.90 bits per heavy atom. The summed E-state index contributed by atoms with van der Waals surface area (Å²) in [6.07, 6.45) is 2.96. The Balaban J connectivity index is 1.51. The van der Waals surface area contributed by atoms with E-state index in [2.05, 4.69) is 5.32 Å². The normalized spacial score (nSPS) is 27.4. The second-order valence-corrected chi connectivity index (χ2v) is 5.78. The van der Waals surface area contributed by atoms with E-state index in [-0.39, 0.29) is 17.9 Å². The molecule has 2 aliphatic rings. The number of rotatable bonds is 4. The summed E-state index contributed by atoms with van der Waals surface area (Å²) >= 11 is 0. The zero-order valence-corrected chi connectivity index (χ0v) is 12.1. The van der Waals surface area contributed by atoms with Gasteiger partial charge in [0.15, 0.2) is 11.5 Å². The Bertz CT molecular complexity index is 506. The van der Waals surface area contributed by atoms with Crippen molar-refractivity contribution < 1.29 is 14.3 Å². The molecule has 3 unspecified atom stereocenters. The number of nitrogens with two attached hydrogens (primary N) is 1. The molecule has 3 atom stereocenters. The van der Waals surface area contributed by atoms with Crippen molar-refractivity contribution in [2.45, 2.75) is 25.4 Å². The molecule has 0 radical (unpaired) electrons. The number of ether oxygens (including phenoxy) is 2. The molecule has 1 saturated carbocycles. The van der Waals surface area contributed by atoms with Crippen LogP contribution in [-0.2, 0) is 4.79 Å². The van der Waals surface area contributed by atoms with Crippen LogP contribution in [0.15, 0.2) is 24.3 Å². The van der Waals surface area contributed by atoms with Gasteiger partial charge in [-0.1, -0.05) is 18.6 Å². The Morgan fingerprint density at radius 1 is 1.29 bits per heavy atom. The van der Waals surface area contributed by atoms with Crippen LogP contribution in [0.5, 0.6) is 11.5 Å². The lowest BCUT2D eigenvalue weighted by atomic mass is 9.95. The van der Waals surface area contributed by atoms with Crippen LogP contribution in [0, 0.1) is 11.8 Å². The first-order valence-electron chi connectivity index (χ1n) is 7.64. The fourth-order valence-corrected chi connectivity index (χ4v) is 3.17. The van der Waals surface area contributed by atoms with Gasteiger partial charge in [-0.3, -0.25) is 4.79 Å². The average Bonchev–Trinajstić information content (AvgIpc) is 3.01. The van der Waals surface area contributed by atoms with Gasteiger partial charge in [0, 0.05) is 5.92 Å². The summed E-state index contributed by atoms with van der Waals surface area (Å²) in [7, 11) is 0. The lowest BCUT2D eigenvalue weighted by Crippen LogP contribution is -2.43. The predicted molar refractivity (Wildman–Crippen MR) is 79.2 cm³/mol. The van der Waals surface area contributed by atoms with Crippen molar-refractivity contribution in [2.75, 3.05) is 19.7 Å². The van der Waals surface area contributed by atoms with Crippen molar-refractivity contribution in [1.82, 2.24) is 5.32 Å². The molecule has 0 spiro atoms. The van der Waals surface area contributed by atoms with Crippen LogP contribution in [0.25, 0.3) is 0 Å². The molecule has 0 saturated heterocycles. The summed E-state index contributed by atoms with van der Waals surface area (Å²) in [5.41, 5.74) is 5.73. The molecule has 1 aromatic rings. The lowest BCUT2D eigenvalue weighted by molar-refractivity contribution is -0.126. The Labute approximate surface area is 124 Å². The quantitative estimate of drug-likeness (QED) is 0.877. The van der Waals surface area contributed by atoms with Gasteiger partial charge in [-0.05, 0) is 37.4 Å². The smallest absolute Gasteiger partial charge is 0.223 e. The third-order valence-electron chi connectivity index (χ3n) is 4.37. The largest absolute Gasteiger partial charge is 0.486 e. The first-order valence-corrected chi connectivity index (χ1v) is 7.64. The molecule has 3 N–H and O–H groups in total. The standard InChI is InChI=1S/C16H22N2O3/c17-8-11-4-3-5-13(11)16(19)18-9-12-10-20-14-6-1-2-7-15(14)21-12/h1-2,6-7,11-13H,3-5,8-10,17H2,(H,18,19). The number of hydrogen-bond donors (Lipinski definition) is 2. The minimum Gasteiger partial charge on any atom is -0.486 e. The van der Waals surface area contributed by atoms with Gasteiger partial charge in [0.25, 0.3) is 0 Å². The predicted octanol–water partition coefficient (Wildman–Crippen LogP) is 1.32. The number of benzene rings is 1. The highest BCUT2D eigenvalue weighted by Gasteiger charge is 2.32. The monoisotopic (exact) mass is 290 g/mol. The Kier molecular flexibility index (Phi) is 4.29. The van der Waals surface area contributed by atoms with Crippen molar-refractivity contribution in [3.8, 4) is 11.5 Å². The van der Waals surface area contributed by atoms with Gasteiger partial charge in [-0.15, -0.1) is 0 Å². The van der Waals surface area contributed by atoms with Crippen molar-refractivity contribution in [1.29, 1.82) is 0 Å². The topological polar surface area (TPSA) is 73.6 Å². The fourth-order valence-electron chi connectivity index (χ4n) is 3.17. The molecule has 1 amide bonds. The van der Waals surface area contributed by atoms with E-state index in [1.165, 1.54) is 0 Å². The van der Waals surface area contributed by atoms with E-state index >= 15 is 0 Å². The maximum atomic E-state index is 12.2. The van der Waals surface area contributed by atoms with Gasteiger partial charge < -0.3 is 20.5 Å². The summed E-state index contributed by atoms with van der Waals surface area (Å²) in [6.45, 7) is 1.53. The van der Waals surface area contributed by atoms with Gasteiger partial charge in [0.1, 0.15) is 12.7 Å². The molecule has 1 heterocycles. The summed E-state index contributed by atoms with van der Waals surface area (Å²) < 4.78 is 11.5. The fraction of sp³-hybridized carbons (Fsp3) is 0.562. The zero-order valence-electron chi connectivity index (χ0n) is 12.1. The number of para-hydroxylation sites is 2. The van der Waals surface area contributed by atoms with Crippen molar-refractivity contribution >= 4 is 5.91 Å². The number of nitrogens with one attached hydrogen (secondary N) is 1. The minimum atomic E-state index is -0.137. The molecule has 5 nitrogen and oxygen atoms in total. The lowest BCUT2D eigenvalue weighted by Gasteiger charge is -2.27. The maximum Gasteiger partial charge on any atom is 0.223 e. The van der Waals surface area contributed by atoms with Crippen LogP contribution in [0.2, 0.25) is 0 Å². The molecule has 5 heteroatoms. The maximum absolute atomic E-state index is 12.2. The molecular weight excluding hydrogens is 268 g/mol. The highest BCUT2D eigenvalue weighted by molar-refractivity contribution is 5.79. The zero-order chi connectivity index (χ0) is 14.7. The molecule has 114 valence electrons. The first-order chi connectivity index (χ1) is 10.3. The molecule has 3 rings (SSSR count). The number of carbonyl (C=O) groups excluding carboxylic acids is 1. The molecule has 1 aliphatic heterocycles. The Hall–Kier alpha value is -1.75. The molecule has 0 bridgehead atoms. The van der Waals surface area contributed by atoms with E-state index in [0.717, 1.165) is 30.8 Å². The van der Waals surface area contributed by atoms with E-state index in [1.807, 2.05) is 24.3 Å². The number of carbonyl (C=O) groups is 1. The molecule has 1 aliphatic carbocycles. The molecule has 1 aromatic carbocycles. The molecular formula is C16H22N2O3. The highest BCUT2D eigenvalue weighted by Crippen LogP contribution is 2.32. The number of amides is 1. The molecule has 0 aromatic heterocycles. The average molecular weight is 290 g/mol. The van der Waals surface area contributed by atoms with E-state index < -0.39 is 0 Å². The highest BCUT2D eigenvalue weighted by atomic mass is 16.6. The van der Waals surface area contributed by atoms with Gasteiger partial charge >= 0.3 is 0 Å². The van der Waals surface area contributed by atoms with E-state index in [4.69, 9.17) is 15.2 Å². The summed E-state index contributed by atoms with van der Waals surface area (Å²) in [5.74, 6) is 1.99.